The number of hydrogen-bond acceptors (Lipinski definition) is 3. The molecule has 0 aromatic carbocycles. The second-order valence-electron chi connectivity index (χ2n) is 7.52. The molecule has 3 N–H and O–H groups in total. The van der Waals surface area contributed by atoms with E-state index in [9.17, 15) is 14.4 Å². The van der Waals surface area contributed by atoms with E-state index in [1.165, 1.54) is 26.2 Å². The third kappa shape index (κ3) is 5.19. The molecule has 0 aliphatic heterocycles. The van der Waals surface area contributed by atoms with E-state index in [1.807, 2.05) is 0 Å². The summed E-state index contributed by atoms with van der Waals surface area (Å²) in [5.74, 6) is -0.634. The Balaban J connectivity index is 2.10. The van der Waals surface area contributed by atoms with E-state index in [4.69, 9.17) is 5.11 Å². The zero-order chi connectivity index (χ0) is 19.3. The van der Waals surface area contributed by atoms with Crippen LogP contribution in [0.3, 0.4) is 0 Å². The maximum absolute atomic E-state index is 12.7. The lowest BCUT2D eigenvalue weighted by Crippen LogP contribution is -2.37. The summed E-state index contributed by atoms with van der Waals surface area (Å²) in [4.78, 5) is 38.5. The molecule has 1 heterocycles. The average Bonchev–Trinajstić information content (AvgIpc) is 2.88. The lowest BCUT2D eigenvalue weighted by molar-refractivity contribution is -0.137. The van der Waals surface area contributed by atoms with Crippen molar-refractivity contribution >= 4 is 17.7 Å². The third-order valence-electron chi connectivity index (χ3n) is 5.40. The number of rotatable bonds is 8. The maximum Gasteiger partial charge on any atom is 0.303 e. The summed E-state index contributed by atoms with van der Waals surface area (Å²) < 4.78 is 0. The summed E-state index contributed by atoms with van der Waals surface area (Å²) in [6, 6.07) is -0.162. The van der Waals surface area contributed by atoms with Crippen LogP contribution in [0.25, 0.3) is 0 Å². The first kappa shape index (κ1) is 20.2. The van der Waals surface area contributed by atoms with Gasteiger partial charge in [-0.1, -0.05) is 32.1 Å². The van der Waals surface area contributed by atoms with Crippen LogP contribution in [0.5, 0.6) is 0 Å². The van der Waals surface area contributed by atoms with Crippen molar-refractivity contribution in [2.45, 2.75) is 78.2 Å². The largest absolute Gasteiger partial charge is 0.481 e. The molecule has 0 bridgehead atoms. The molecule has 0 radical (unpaired) electrons. The van der Waals surface area contributed by atoms with Crippen molar-refractivity contribution in [3.05, 3.63) is 22.5 Å². The van der Waals surface area contributed by atoms with Crippen LogP contribution in [0.2, 0.25) is 0 Å². The number of nitrogens with one attached hydrogen (secondary N) is 2. The van der Waals surface area contributed by atoms with Gasteiger partial charge in [0.15, 0.2) is 5.78 Å². The molecular formula is C20H30N2O4. The fraction of sp³-hybridized carbons (Fsp3) is 0.650. The molecule has 6 heteroatoms. The number of carboxylic acid groups (broad SMARTS) is 1. The van der Waals surface area contributed by atoms with Crippen LogP contribution >= 0.6 is 0 Å². The van der Waals surface area contributed by atoms with E-state index in [1.54, 1.807) is 13.8 Å². The first-order valence-electron chi connectivity index (χ1n) is 9.52. The molecule has 144 valence electrons. The average molecular weight is 362 g/mol. The zero-order valence-electron chi connectivity index (χ0n) is 16.0. The summed E-state index contributed by atoms with van der Waals surface area (Å²) in [6.45, 7) is 5.04. The molecule has 0 saturated heterocycles. The number of aromatic amines is 1. The van der Waals surface area contributed by atoms with Crippen molar-refractivity contribution in [1.82, 2.24) is 10.3 Å². The molecule has 1 fully saturated rings. The number of aromatic nitrogens is 1. The number of aryl methyl sites for hydroxylation is 1. The summed E-state index contributed by atoms with van der Waals surface area (Å²) in [6.07, 6.45) is 7.26. The number of amides is 1. The minimum absolute atomic E-state index is 0.0408. The van der Waals surface area contributed by atoms with Gasteiger partial charge in [0.05, 0.1) is 0 Å². The SMILES string of the molecule is CC(=O)c1c(C)[nH]c(C(=O)NC(CCC(=O)O)CC2CCCCC2)c1C. The van der Waals surface area contributed by atoms with Gasteiger partial charge in [0, 0.05) is 23.7 Å². The molecule has 2 rings (SSSR count). The topological polar surface area (TPSA) is 99.3 Å². The Morgan fingerprint density at radius 3 is 2.38 bits per heavy atom. The lowest BCUT2D eigenvalue weighted by Gasteiger charge is -2.27. The Hall–Kier alpha value is -2.11. The Bertz CT molecular complexity index is 672. The molecule has 1 saturated carbocycles. The van der Waals surface area contributed by atoms with Crippen LogP contribution in [-0.4, -0.2) is 33.8 Å². The zero-order valence-corrected chi connectivity index (χ0v) is 16.0. The second kappa shape index (κ2) is 9.01. The Labute approximate surface area is 154 Å². The number of aliphatic carboxylic acids is 1. The van der Waals surface area contributed by atoms with Crippen molar-refractivity contribution < 1.29 is 19.5 Å². The van der Waals surface area contributed by atoms with Crippen LogP contribution in [0, 0.1) is 19.8 Å². The molecule has 1 aliphatic rings. The fourth-order valence-electron chi connectivity index (χ4n) is 4.13. The van der Waals surface area contributed by atoms with Crippen LogP contribution in [0.1, 0.15) is 90.4 Å². The van der Waals surface area contributed by atoms with Gasteiger partial charge in [0.1, 0.15) is 5.69 Å². The quantitative estimate of drug-likeness (QED) is 0.613. The molecule has 26 heavy (non-hydrogen) atoms. The van der Waals surface area contributed by atoms with Gasteiger partial charge in [0.2, 0.25) is 0 Å². The van der Waals surface area contributed by atoms with Crippen molar-refractivity contribution in [3.8, 4) is 0 Å². The second-order valence-corrected chi connectivity index (χ2v) is 7.52. The molecule has 1 aromatic rings. The van der Waals surface area contributed by atoms with Crippen LogP contribution in [0.15, 0.2) is 0 Å². The normalized spacial score (nSPS) is 16.3. The van der Waals surface area contributed by atoms with E-state index >= 15 is 0 Å². The van der Waals surface area contributed by atoms with Crippen molar-refractivity contribution in [3.63, 3.8) is 0 Å². The molecule has 1 unspecified atom stereocenters. The molecular weight excluding hydrogens is 332 g/mol. The van der Waals surface area contributed by atoms with Gasteiger partial charge in [-0.3, -0.25) is 14.4 Å². The van der Waals surface area contributed by atoms with Crippen molar-refractivity contribution in [1.29, 1.82) is 0 Å². The molecule has 1 atom stereocenters. The van der Waals surface area contributed by atoms with Gasteiger partial charge in [-0.15, -0.1) is 0 Å². The highest BCUT2D eigenvalue weighted by atomic mass is 16.4. The molecule has 1 amide bonds. The number of ketones is 1. The highest BCUT2D eigenvalue weighted by molar-refractivity contribution is 6.02. The monoisotopic (exact) mass is 362 g/mol. The van der Waals surface area contributed by atoms with E-state index in [2.05, 4.69) is 10.3 Å². The first-order valence-corrected chi connectivity index (χ1v) is 9.52. The van der Waals surface area contributed by atoms with Gasteiger partial charge in [-0.05, 0) is 45.1 Å². The summed E-state index contributed by atoms with van der Waals surface area (Å²) in [7, 11) is 0. The van der Waals surface area contributed by atoms with E-state index in [0.29, 0.717) is 34.9 Å². The summed E-state index contributed by atoms with van der Waals surface area (Å²) in [5, 5.41) is 12.0. The van der Waals surface area contributed by atoms with Gasteiger partial charge < -0.3 is 15.4 Å². The van der Waals surface area contributed by atoms with Gasteiger partial charge >= 0.3 is 5.97 Å². The predicted molar refractivity (Wildman–Crippen MR) is 99.6 cm³/mol. The van der Waals surface area contributed by atoms with Gasteiger partial charge in [-0.25, -0.2) is 0 Å². The Morgan fingerprint density at radius 1 is 1.19 bits per heavy atom. The number of carbonyl (C=O) groups is 3. The highest BCUT2D eigenvalue weighted by Gasteiger charge is 2.24. The summed E-state index contributed by atoms with van der Waals surface area (Å²) in [5.41, 5.74) is 2.30. The number of Topliss-reactive ketones (excluding diaryl/α,β-unsaturated/α-hetero) is 1. The number of carboxylic acids is 1. The predicted octanol–water partition coefficient (Wildman–Crippen LogP) is 3.77. The Morgan fingerprint density at radius 2 is 1.85 bits per heavy atom. The standard InChI is InChI=1S/C20H30N2O4/c1-12-18(14(3)23)13(2)21-19(12)20(26)22-16(9-10-17(24)25)11-15-7-5-4-6-8-15/h15-16,21H,4-11H2,1-3H3,(H,22,26)(H,24,25). The number of carbonyl (C=O) groups excluding carboxylic acids is 2. The summed E-state index contributed by atoms with van der Waals surface area (Å²) >= 11 is 0. The fourth-order valence-corrected chi connectivity index (χ4v) is 4.13. The highest BCUT2D eigenvalue weighted by Crippen LogP contribution is 2.28. The smallest absolute Gasteiger partial charge is 0.303 e. The third-order valence-corrected chi connectivity index (χ3v) is 5.40. The minimum atomic E-state index is -0.848. The molecule has 6 nitrogen and oxygen atoms in total. The van der Waals surface area contributed by atoms with Crippen molar-refractivity contribution in [2.24, 2.45) is 5.92 Å². The van der Waals surface area contributed by atoms with E-state index < -0.39 is 5.97 Å². The number of hydrogen-bond donors (Lipinski definition) is 3. The minimum Gasteiger partial charge on any atom is -0.481 e. The van der Waals surface area contributed by atoms with E-state index in [0.717, 1.165) is 19.3 Å². The van der Waals surface area contributed by atoms with Gasteiger partial charge in [0.25, 0.3) is 5.91 Å². The van der Waals surface area contributed by atoms with Crippen molar-refractivity contribution in [2.75, 3.05) is 0 Å². The number of H-pyrrole nitrogens is 1. The Kier molecular flexibility index (Phi) is 7.00. The van der Waals surface area contributed by atoms with Crippen LogP contribution in [-0.2, 0) is 4.79 Å². The van der Waals surface area contributed by atoms with Gasteiger partial charge in [-0.2, -0.15) is 0 Å². The molecule has 0 spiro atoms. The first-order chi connectivity index (χ1) is 12.3. The molecule has 1 aliphatic carbocycles. The van der Waals surface area contributed by atoms with Crippen LogP contribution in [0.4, 0.5) is 0 Å². The maximum atomic E-state index is 12.7. The molecule has 1 aromatic heterocycles. The van der Waals surface area contributed by atoms with E-state index in [-0.39, 0.29) is 24.2 Å². The van der Waals surface area contributed by atoms with Crippen LogP contribution < -0.4 is 5.32 Å². The lowest BCUT2D eigenvalue weighted by atomic mass is 9.84.